The van der Waals surface area contributed by atoms with Crippen molar-refractivity contribution < 1.29 is 9.90 Å². The Balaban J connectivity index is 2.71. The standard InChI is InChI=1S/C11H10N2O3/c1-6-12-9-4-7(10(15)5-14)2-3-8(9)11(16)13-6/h2-4,14H,5H2,1H3,(H,12,13,16). The maximum Gasteiger partial charge on any atom is 0.258 e. The number of aliphatic hydroxyl groups excluding tert-OH is 1. The lowest BCUT2D eigenvalue weighted by atomic mass is 10.1. The van der Waals surface area contributed by atoms with Crippen molar-refractivity contribution in [2.45, 2.75) is 6.92 Å². The maximum atomic E-state index is 11.5. The summed E-state index contributed by atoms with van der Waals surface area (Å²) in [7, 11) is 0. The van der Waals surface area contributed by atoms with Gasteiger partial charge in [0.1, 0.15) is 12.4 Å². The van der Waals surface area contributed by atoms with Gasteiger partial charge in [0, 0.05) is 5.56 Å². The van der Waals surface area contributed by atoms with E-state index in [1.807, 2.05) is 0 Å². The van der Waals surface area contributed by atoms with E-state index in [1.165, 1.54) is 18.2 Å². The number of H-pyrrole nitrogens is 1. The van der Waals surface area contributed by atoms with Crippen molar-refractivity contribution in [3.05, 3.63) is 39.9 Å². The second-order valence-corrected chi connectivity index (χ2v) is 3.46. The number of nitrogens with zero attached hydrogens (tertiary/aromatic N) is 1. The monoisotopic (exact) mass is 218 g/mol. The van der Waals surface area contributed by atoms with Crippen molar-refractivity contribution in [1.29, 1.82) is 0 Å². The Hall–Kier alpha value is -2.01. The number of carbonyl (C=O) groups is 1. The largest absolute Gasteiger partial charge is 0.388 e. The third-order valence-corrected chi connectivity index (χ3v) is 2.29. The van der Waals surface area contributed by atoms with E-state index in [1.54, 1.807) is 6.92 Å². The minimum Gasteiger partial charge on any atom is -0.388 e. The average Bonchev–Trinajstić information content (AvgIpc) is 2.27. The van der Waals surface area contributed by atoms with Gasteiger partial charge in [0.15, 0.2) is 5.78 Å². The molecule has 0 saturated carbocycles. The van der Waals surface area contributed by atoms with E-state index in [0.717, 1.165) is 0 Å². The first kappa shape index (κ1) is 10.5. The molecule has 5 heteroatoms. The Labute approximate surface area is 90.8 Å². The number of aromatic nitrogens is 2. The molecule has 82 valence electrons. The molecule has 0 radical (unpaired) electrons. The van der Waals surface area contributed by atoms with Crippen molar-refractivity contribution in [3.63, 3.8) is 0 Å². The summed E-state index contributed by atoms with van der Waals surface area (Å²) >= 11 is 0. The Morgan fingerprint density at radius 3 is 2.94 bits per heavy atom. The van der Waals surface area contributed by atoms with Crippen LogP contribution in [0.4, 0.5) is 0 Å². The Morgan fingerprint density at radius 2 is 2.25 bits per heavy atom. The summed E-state index contributed by atoms with van der Waals surface area (Å²) < 4.78 is 0. The molecule has 0 atom stereocenters. The molecule has 0 aliphatic heterocycles. The first-order valence-electron chi connectivity index (χ1n) is 4.76. The Kier molecular flexibility index (Phi) is 2.54. The third kappa shape index (κ3) is 1.72. The van der Waals surface area contributed by atoms with Gasteiger partial charge < -0.3 is 10.1 Å². The van der Waals surface area contributed by atoms with E-state index in [9.17, 15) is 9.59 Å². The van der Waals surface area contributed by atoms with Gasteiger partial charge in [-0.15, -0.1) is 0 Å². The molecule has 1 aromatic heterocycles. The number of aryl methyl sites for hydroxylation is 1. The molecule has 0 spiro atoms. The van der Waals surface area contributed by atoms with Crippen molar-refractivity contribution in [3.8, 4) is 0 Å². The van der Waals surface area contributed by atoms with Crippen LogP contribution in [0.3, 0.4) is 0 Å². The van der Waals surface area contributed by atoms with Crippen molar-refractivity contribution in [1.82, 2.24) is 9.97 Å². The van der Waals surface area contributed by atoms with Crippen LogP contribution < -0.4 is 5.56 Å². The van der Waals surface area contributed by atoms with Crippen LogP contribution in [0.25, 0.3) is 10.9 Å². The van der Waals surface area contributed by atoms with Crippen molar-refractivity contribution >= 4 is 16.7 Å². The fourth-order valence-electron chi connectivity index (χ4n) is 1.52. The fourth-order valence-corrected chi connectivity index (χ4v) is 1.52. The molecule has 0 bridgehead atoms. The van der Waals surface area contributed by atoms with E-state index in [0.29, 0.717) is 22.3 Å². The summed E-state index contributed by atoms with van der Waals surface area (Å²) in [5.74, 6) is 0.104. The van der Waals surface area contributed by atoms with Crippen LogP contribution in [-0.2, 0) is 0 Å². The second-order valence-electron chi connectivity index (χ2n) is 3.46. The third-order valence-electron chi connectivity index (χ3n) is 2.29. The van der Waals surface area contributed by atoms with Crippen molar-refractivity contribution in [2.24, 2.45) is 0 Å². The van der Waals surface area contributed by atoms with Gasteiger partial charge in [-0.25, -0.2) is 4.98 Å². The number of Topliss-reactive ketones (excluding diaryl/α,β-unsaturated/α-hetero) is 1. The van der Waals surface area contributed by atoms with Gasteiger partial charge in [-0.1, -0.05) is 6.07 Å². The molecule has 0 unspecified atom stereocenters. The zero-order valence-electron chi connectivity index (χ0n) is 8.65. The number of hydrogen-bond donors (Lipinski definition) is 2. The zero-order valence-corrected chi connectivity index (χ0v) is 8.65. The summed E-state index contributed by atoms with van der Waals surface area (Å²) in [4.78, 5) is 29.5. The molecule has 0 aliphatic carbocycles. The number of nitrogens with one attached hydrogen (secondary N) is 1. The minimum atomic E-state index is -0.548. The lowest BCUT2D eigenvalue weighted by molar-refractivity contribution is 0.0904. The highest BCUT2D eigenvalue weighted by atomic mass is 16.3. The van der Waals surface area contributed by atoms with Gasteiger partial charge in [0.05, 0.1) is 10.9 Å². The van der Waals surface area contributed by atoms with Gasteiger partial charge in [0.2, 0.25) is 0 Å². The SMILES string of the molecule is Cc1nc2cc(C(=O)CO)ccc2c(=O)[nH]1. The highest BCUT2D eigenvalue weighted by Crippen LogP contribution is 2.10. The average molecular weight is 218 g/mol. The predicted octanol–water partition coefficient (Wildman–Crippen LogP) is 0.407. The van der Waals surface area contributed by atoms with Crippen LogP contribution in [0.1, 0.15) is 16.2 Å². The molecule has 1 aromatic carbocycles. The molecule has 16 heavy (non-hydrogen) atoms. The second kappa shape index (κ2) is 3.86. The quantitative estimate of drug-likeness (QED) is 0.715. The lowest BCUT2D eigenvalue weighted by Crippen LogP contribution is -2.11. The number of carbonyl (C=O) groups excluding carboxylic acids is 1. The fraction of sp³-hybridized carbons (Fsp3) is 0.182. The van der Waals surface area contributed by atoms with Gasteiger partial charge >= 0.3 is 0 Å². The Morgan fingerprint density at radius 1 is 1.50 bits per heavy atom. The first-order valence-corrected chi connectivity index (χ1v) is 4.76. The molecule has 0 saturated heterocycles. The van der Waals surface area contributed by atoms with E-state index >= 15 is 0 Å². The highest BCUT2D eigenvalue weighted by molar-refractivity contribution is 5.99. The maximum absolute atomic E-state index is 11.5. The number of benzene rings is 1. The van der Waals surface area contributed by atoms with E-state index in [2.05, 4.69) is 9.97 Å². The molecular weight excluding hydrogens is 208 g/mol. The molecule has 5 nitrogen and oxygen atoms in total. The number of ketones is 1. The number of fused-ring (bicyclic) bond motifs is 1. The molecule has 1 heterocycles. The van der Waals surface area contributed by atoms with Gasteiger partial charge in [-0.05, 0) is 19.1 Å². The number of hydrogen-bond acceptors (Lipinski definition) is 4. The molecule has 2 aromatic rings. The van der Waals surface area contributed by atoms with Crippen LogP contribution in [0, 0.1) is 6.92 Å². The number of aliphatic hydroxyl groups is 1. The molecular formula is C11H10N2O3. The summed E-state index contributed by atoms with van der Waals surface area (Å²) in [6, 6.07) is 4.55. The van der Waals surface area contributed by atoms with E-state index < -0.39 is 6.61 Å². The summed E-state index contributed by atoms with van der Waals surface area (Å²) in [5, 5.41) is 9.16. The predicted molar refractivity (Wildman–Crippen MR) is 58.5 cm³/mol. The smallest absolute Gasteiger partial charge is 0.258 e. The molecule has 0 fully saturated rings. The topological polar surface area (TPSA) is 83.0 Å². The van der Waals surface area contributed by atoms with Crippen LogP contribution in [0.15, 0.2) is 23.0 Å². The molecule has 0 aliphatic rings. The highest BCUT2D eigenvalue weighted by Gasteiger charge is 2.07. The van der Waals surface area contributed by atoms with Gasteiger partial charge in [0.25, 0.3) is 5.56 Å². The lowest BCUT2D eigenvalue weighted by Gasteiger charge is -2.01. The summed E-state index contributed by atoms with van der Waals surface area (Å²) in [6.45, 7) is 1.12. The molecule has 0 amide bonds. The molecule has 2 rings (SSSR count). The van der Waals surface area contributed by atoms with Crippen LogP contribution >= 0.6 is 0 Å². The van der Waals surface area contributed by atoms with Crippen LogP contribution in [0.2, 0.25) is 0 Å². The van der Waals surface area contributed by atoms with E-state index in [-0.39, 0.29) is 11.3 Å². The van der Waals surface area contributed by atoms with E-state index in [4.69, 9.17) is 5.11 Å². The summed E-state index contributed by atoms with van der Waals surface area (Å²) in [6.07, 6.45) is 0. The summed E-state index contributed by atoms with van der Waals surface area (Å²) in [5.41, 5.74) is 0.582. The van der Waals surface area contributed by atoms with Gasteiger partial charge in [-0.2, -0.15) is 0 Å². The van der Waals surface area contributed by atoms with Crippen LogP contribution in [-0.4, -0.2) is 27.5 Å². The number of aromatic amines is 1. The normalized spacial score (nSPS) is 10.6. The zero-order chi connectivity index (χ0) is 11.7. The Bertz CT molecular complexity index is 616. The first-order chi connectivity index (χ1) is 7.61. The van der Waals surface area contributed by atoms with Crippen molar-refractivity contribution in [2.75, 3.05) is 6.61 Å². The van der Waals surface area contributed by atoms with Gasteiger partial charge in [-0.3, -0.25) is 9.59 Å². The number of rotatable bonds is 2. The van der Waals surface area contributed by atoms with Crippen LogP contribution in [0.5, 0.6) is 0 Å². The molecule has 2 N–H and O–H groups in total. The minimum absolute atomic E-state index is 0.231.